The number of aromatic nitrogens is 3. The normalized spacial score (nSPS) is 11.0. The van der Waals surface area contributed by atoms with Crippen molar-refractivity contribution in [2.24, 2.45) is 5.73 Å². The lowest BCUT2D eigenvalue weighted by Gasteiger charge is -2.07. The molecule has 6 nitrogen and oxygen atoms in total. The zero-order valence-electron chi connectivity index (χ0n) is 15.6. The highest BCUT2D eigenvalue weighted by molar-refractivity contribution is 7.98. The van der Waals surface area contributed by atoms with Crippen molar-refractivity contribution in [1.82, 2.24) is 15.0 Å². The molecule has 0 bridgehead atoms. The van der Waals surface area contributed by atoms with E-state index < -0.39 is 34.5 Å². The molecule has 0 radical (unpaired) electrons. The van der Waals surface area contributed by atoms with Crippen molar-refractivity contribution in [2.75, 3.05) is 6.26 Å². The first kappa shape index (κ1) is 19.7. The van der Waals surface area contributed by atoms with Gasteiger partial charge < -0.3 is 10.7 Å². The Morgan fingerprint density at radius 1 is 1.03 bits per heavy atom. The van der Waals surface area contributed by atoms with Crippen LogP contribution in [-0.2, 0) is 0 Å². The number of nitrogens with zero attached hydrogens (tertiary/aromatic N) is 2. The molecule has 0 saturated carbocycles. The summed E-state index contributed by atoms with van der Waals surface area (Å²) >= 11 is 1.51. The Kier molecular flexibility index (Phi) is 5.04. The summed E-state index contributed by atoms with van der Waals surface area (Å²) in [5, 5.41) is 1.24. The number of halogens is 2. The van der Waals surface area contributed by atoms with E-state index in [4.69, 9.17) is 5.73 Å². The van der Waals surface area contributed by atoms with Crippen molar-refractivity contribution in [1.29, 1.82) is 0 Å². The van der Waals surface area contributed by atoms with Gasteiger partial charge in [0.25, 0.3) is 5.91 Å². The van der Waals surface area contributed by atoms with E-state index in [1.165, 1.54) is 18.0 Å². The minimum Gasteiger partial charge on any atom is -0.366 e. The number of hydrogen-bond acceptors (Lipinski definition) is 5. The van der Waals surface area contributed by atoms with E-state index in [9.17, 15) is 18.4 Å². The number of benzene rings is 1. The number of rotatable bonds is 5. The van der Waals surface area contributed by atoms with Gasteiger partial charge in [0.05, 0.1) is 16.2 Å². The maximum absolute atomic E-state index is 14.6. The third kappa shape index (κ3) is 3.33. The fourth-order valence-electron chi connectivity index (χ4n) is 3.11. The number of thioether (sulfide) groups is 1. The van der Waals surface area contributed by atoms with Crippen molar-refractivity contribution < 1.29 is 18.4 Å². The first-order valence-corrected chi connectivity index (χ1v) is 9.93. The Labute approximate surface area is 173 Å². The minimum atomic E-state index is -1.29. The molecule has 0 aliphatic rings. The third-order valence-corrected chi connectivity index (χ3v) is 5.30. The molecule has 3 N–H and O–H groups in total. The number of pyridine rings is 2. The second kappa shape index (κ2) is 7.68. The summed E-state index contributed by atoms with van der Waals surface area (Å²) in [6.07, 6.45) is 6.53. The van der Waals surface area contributed by atoms with Crippen LogP contribution < -0.4 is 5.73 Å². The second-order valence-electron chi connectivity index (χ2n) is 6.39. The molecule has 150 valence electrons. The predicted molar refractivity (Wildman–Crippen MR) is 109 cm³/mol. The Hall–Kier alpha value is -3.59. The number of fused-ring (bicyclic) bond motifs is 1. The molecule has 1 amide bonds. The molecule has 0 unspecified atom stereocenters. The maximum Gasteiger partial charge on any atom is 0.251 e. The number of hydrogen-bond donors (Lipinski definition) is 2. The topological polar surface area (TPSA) is 102 Å². The van der Waals surface area contributed by atoms with Gasteiger partial charge in [-0.05, 0) is 30.5 Å². The molecule has 0 spiro atoms. The van der Waals surface area contributed by atoms with Crippen molar-refractivity contribution >= 4 is 34.5 Å². The van der Waals surface area contributed by atoms with Gasteiger partial charge in [-0.25, -0.2) is 18.7 Å². The third-order valence-electron chi connectivity index (χ3n) is 4.64. The van der Waals surface area contributed by atoms with E-state index in [2.05, 4.69) is 15.0 Å². The zero-order valence-corrected chi connectivity index (χ0v) is 16.4. The molecule has 0 saturated heterocycles. The van der Waals surface area contributed by atoms with E-state index in [1.807, 2.05) is 18.4 Å². The number of nitrogens with two attached hydrogens (primary N) is 1. The average Bonchev–Trinajstić information content (AvgIpc) is 3.16. The van der Waals surface area contributed by atoms with E-state index in [0.717, 1.165) is 22.7 Å². The number of nitrogens with one attached hydrogen (secondary N) is 1. The molecule has 4 rings (SSSR count). The van der Waals surface area contributed by atoms with Crippen LogP contribution >= 0.6 is 11.8 Å². The van der Waals surface area contributed by atoms with Crippen LogP contribution in [0, 0.1) is 11.6 Å². The molecule has 3 heterocycles. The zero-order chi connectivity index (χ0) is 21.4. The highest BCUT2D eigenvalue weighted by Gasteiger charge is 2.25. The van der Waals surface area contributed by atoms with Gasteiger partial charge in [-0.2, -0.15) is 0 Å². The van der Waals surface area contributed by atoms with Crippen LogP contribution in [0.2, 0.25) is 0 Å². The summed E-state index contributed by atoms with van der Waals surface area (Å²) in [6, 6.07) is 7.16. The molecular weight excluding hydrogens is 410 g/mol. The fraction of sp³-hybridized carbons (Fsp3) is 0.0476. The first-order chi connectivity index (χ1) is 14.4. The summed E-state index contributed by atoms with van der Waals surface area (Å²) in [5.41, 5.74) is 5.57. The van der Waals surface area contributed by atoms with Gasteiger partial charge in [-0.15, -0.1) is 11.8 Å². The number of carbonyl (C=O) groups excluding carboxylic acids is 2. The van der Waals surface area contributed by atoms with Crippen LogP contribution in [0.1, 0.15) is 26.3 Å². The Morgan fingerprint density at radius 3 is 2.47 bits per heavy atom. The van der Waals surface area contributed by atoms with Crippen LogP contribution in [0.25, 0.3) is 22.2 Å². The van der Waals surface area contributed by atoms with E-state index >= 15 is 0 Å². The molecule has 4 aromatic rings. The van der Waals surface area contributed by atoms with Gasteiger partial charge in [-0.1, -0.05) is 6.07 Å². The van der Waals surface area contributed by atoms with Crippen LogP contribution in [0.4, 0.5) is 8.78 Å². The fourth-order valence-corrected chi connectivity index (χ4v) is 3.47. The molecule has 0 fully saturated rings. The Bertz CT molecular complexity index is 1300. The Morgan fingerprint density at radius 2 is 1.80 bits per heavy atom. The van der Waals surface area contributed by atoms with Crippen LogP contribution in [0.3, 0.4) is 0 Å². The van der Waals surface area contributed by atoms with E-state index in [-0.39, 0.29) is 5.56 Å². The van der Waals surface area contributed by atoms with Gasteiger partial charge in [0, 0.05) is 40.7 Å². The monoisotopic (exact) mass is 424 g/mol. The van der Waals surface area contributed by atoms with Crippen molar-refractivity contribution in [3.05, 3.63) is 77.2 Å². The maximum atomic E-state index is 14.6. The van der Waals surface area contributed by atoms with Crippen LogP contribution in [0.15, 0.2) is 53.9 Å². The van der Waals surface area contributed by atoms with Crippen molar-refractivity contribution in [3.8, 4) is 11.1 Å². The molecule has 0 aliphatic carbocycles. The summed E-state index contributed by atoms with van der Waals surface area (Å²) in [7, 11) is 0. The quantitative estimate of drug-likeness (QED) is 0.373. The predicted octanol–water partition coefficient (Wildman–Crippen LogP) is 3.95. The smallest absolute Gasteiger partial charge is 0.251 e. The van der Waals surface area contributed by atoms with E-state index in [0.29, 0.717) is 16.6 Å². The highest BCUT2D eigenvalue weighted by Crippen LogP contribution is 2.28. The highest BCUT2D eigenvalue weighted by atomic mass is 32.2. The molecule has 30 heavy (non-hydrogen) atoms. The standard InChI is InChI=1S/C21H14F2N4O2S/c1-30-16-5-2-10(7-25-16)11-6-13-14(9-27-21(13)26-8-11)19(28)17-15(22)4-3-12(18(17)23)20(24)29/h2-9H,1H3,(H2,24,29)(H,26,27). The Balaban J connectivity index is 1.83. The molecular formula is C21H14F2N4O2S. The second-order valence-corrected chi connectivity index (χ2v) is 7.22. The molecule has 3 aromatic heterocycles. The SMILES string of the molecule is CSc1ccc(-c2cnc3[nH]cc(C(=O)c4c(F)ccc(C(N)=O)c4F)c3c2)cn1. The number of amides is 1. The number of primary amides is 1. The summed E-state index contributed by atoms with van der Waals surface area (Å²) < 4.78 is 28.9. The van der Waals surface area contributed by atoms with Gasteiger partial charge in [0.2, 0.25) is 5.78 Å². The van der Waals surface area contributed by atoms with Gasteiger partial charge in [0.1, 0.15) is 17.3 Å². The summed E-state index contributed by atoms with van der Waals surface area (Å²) in [5.74, 6) is -4.39. The minimum absolute atomic E-state index is 0.0208. The number of ketones is 1. The lowest BCUT2D eigenvalue weighted by molar-refractivity contribution is 0.0996. The number of H-pyrrole nitrogens is 1. The van der Waals surface area contributed by atoms with Crippen LogP contribution in [-0.4, -0.2) is 32.9 Å². The number of aromatic amines is 1. The molecule has 1 aromatic carbocycles. The molecule has 9 heteroatoms. The summed E-state index contributed by atoms with van der Waals surface area (Å²) in [6.45, 7) is 0. The van der Waals surface area contributed by atoms with E-state index in [1.54, 1.807) is 18.5 Å². The van der Waals surface area contributed by atoms with Crippen molar-refractivity contribution in [2.45, 2.75) is 5.03 Å². The van der Waals surface area contributed by atoms with Gasteiger partial charge in [0.15, 0.2) is 0 Å². The van der Waals surface area contributed by atoms with Gasteiger partial charge >= 0.3 is 0 Å². The lowest BCUT2D eigenvalue weighted by Crippen LogP contribution is -2.17. The van der Waals surface area contributed by atoms with Gasteiger partial charge in [-0.3, -0.25) is 9.59 Å². The van der Waals surface area contributed by atoms with Crippen LogP contribution in [0.5, 0.6) is 0 Å². The number of carbonyl (C=O) groups is 2. The van der Waals surface area contributed by atoms with Crippen molar-refractivity contribution in [3.63, 3.8) is 0 Å². The first-order valence-electron chi connectivity index (χ1n) is 8.70. The summed E-state index contributed by atoms with van der Waals surface area (Å²) in [4.78, 5) is 35.8. The lowest BCUT2D eigenvalue weighted by atomic mass is 9.98. The molecule has 0 aliphatic heterocycles. The average molecular weight is 424 g/mol. The molecule has 0 atom stereocenters. The largest absolute Gasteiger partial charge is 0.366 e.